The second kappa shape index (κ2) is 24.8. The zero-order chi connectivity index (χ0) is 37.6. The van der Waals surface area contributed by atoms with Crippen LogP contribution in [0.4, 0.5) is 4.79 Å². The maximum atomic E-state index is 12.9. The third kappa shape index (κ3) is 16.7. The van der Waals surface area contributed by atoms with Crippen molar-refractivity contribution in [3.8, 4) is 0 Å². The van der Waals surface area contributed by atoms with E-state index in [0.29, 0.717) is 19.4 Å². The van der Waals surface area contributed by atoms with E-state index in [4.69, 9.17) is 47.3 Å². The Kier molecular flexibility index (Phi) is 20.9. The lowest BCUT2D eigenvalue weighted by Crippen LogP contribution is -2.36. The highest BCUT2D eigenvalue weighted by Gasteiger charge is 2.49. The summed E-state index contributed by atoms with van der Waals surface area (Å²) in [6, 6.07) is 10.4. The van der Waals surface area contributed by atoms with Gasteiger partial charge in [-0.15, -0.1) is 0 Å². The first-order valence-corrected chi connectivity index (χ1v) is 21.8. The summed E-state index contributed by atoms with van der Waals surface area (Å²) < 4.78 is 29.1. The number of aromatic amines is 1. The number of nitrogens with one attached hydrogen (secondary N) is 2. The van der Waals surface area contributed by atoms with Crippen LogP contribution in [0.1, 0.15) is 121 Å². The fraction of sp³-hybridized carbons (Fsp3) is 0.676. The van der Waals surface area contributed by atoms with E-state index in [9.17, 15) is 19.3 Å². The molecule has 0 aliphatic carbocycles. The molecule has 0 spiro atoms. The zero-order valence-corrected chi connectivity index (χ0v) is 33.2. The van der Waals surface area contributed by atoms with Gasteiger partial charge in [0.15, 0.2) is 0 Å². The Morgan fingerprint density at radius 2 is 1.58 bits per heavy atom. The van der Waals surface area contributed by atoms with E-state index in [1.807, 2.05) is 30.3 Å². The molecule has 2 aromatic rings. The molecular weight excluding hydrogens is 726 g/mol. The molecule has 3 N–H and O–H groups in total. The maximum Gasteiger partial charge on any atom is 0.508 e. The van der Waals surface area contributed by atoms with Crippen LogP contribution < -0.4 is 16.6 Å². The van der Waals surface area contributed by atoms with Crippen LogP contribution in [0, 0.1) is 5.92 Å². The number of H-pyrrole nitrogens is 1. The third-order valence-corrected chi connectivity index (χ3v) is 11.2. The lowest BCUT2D eigenvalue weighted by atomic mass is 9.94. The minimum Gasteiger partial charge on any atom is -0.431 e. The zero-order valence-electron chi connectivity index (χ0n) is 30.7. The first kappa shape index (κ1) is 44.0. The Morgan fingerprint density at radius 1 is 0.942 bits per heavy atom. The average Bonchev–Trinajstić information content (AvgIpc) is 3.45. The minimum absolute atomic E-state index is 0.0124. The molecule has 0 radical (unpaired) electrons. The largest absolute Gasteiger partial charge is 0.508 e. The normalized spacial score (nSPS) is 19.6. The van der Waals surface area contributed by atoms with Crippen LogP contribution in [0.25, 0.3) is 0 Å². The Morgan fingerprint density at radius 3 is 2.19 bits per heavy atom. The van der Waals surface area contributed by atoms with Gasteiger partial charge in [0.1, 0.15) is 31.6 Å². The van der Waals surface area contributed by atoms with Gasteiger partial charge < -0.3 is 33.5 Å². The summed E-state index contributed by atoms with van der Waals surface area (Å²) in [5, 5.41) is 3.34. The first-order valence-electron chi connectivity index (χ1n) is 18.8. The molecule has 1 fully saturated rings. The summed E-state index contributed by atoms with van der Waals surface area (Å²) in [6.07, 6.45) is 16.3. The summed E-state index contributed by atoms with van der Waals surface area (Å²) in [5.74, 6) is -0.557. The third-order valence-electron chi connectivity index (χ3n) is 9.19. The highest BCUT2D eigenvalue weighted by molar-refractivity contribution is 8.07. The average molecular weight is 784 g/mol. The maximum absolute atomic E-state index is 12.9. The molecule has 1 aliphatic heterocycles. The second-order valence-electron chi connectivity index (χ2n) is 13.3. The van der Waals surface area contributed by atoms with Crippen molar-refractivity contribution < 1.29 is 32.9 Å². The Balaban J connectivity index is 1.50. The van der Waals surface area contributed by atoms with Crippen LogP contribution in [0.15, 0.2) is 52.2 Å². The number of nitrogens with zero attached hydrogens (tertiary/aromatic N) is 1. The van der Waals surface area contributed by atoms with Crippen LogP contribution in [-0.2, 0) is 41.7 Å². The molecule has 0 saturated carbocycles. The summed E-state index contributed by atoms with van der Waals surface area (Å²) in [7, 11) is 1.24. The number of aromatic nitrogens is 2. The summed E-state index contributed by atoms with van der Waals surface area (Å²) in [4.78, 5) is 50.9. The van der Waals surface area contributed by atoms with Crippen molar-refractivity contribution in [1.29, 1.82) is 0 Å². The number of hydrogen-bond donors (Lipinski definition) is 3. The van der Waals surface area contributed by atoms with Crippen molar-refractivity contribution in [2.24, 2.45) is 5.92 Å². The van der Waals surface area contributed by atoms with Crippen LogP contribution in [-0.4, -0.2) is 58.1 Å². The van der Waals surface area contributed by atoms with Gasteiger partial charge >= 0.3 is 18.6 Å². The molecular formula is C37H58N3O9PS2. The number of carbonyl (C=O) groups is 1. The van der Waals surface area contributed by atoms with Gasteiger partial charge in [-0.1, -0.05) is 127 Å². The van der Waals surface area contributed by atoms with E-state index in [2.05, 4.69) is 17.2 Å². The number of benzene rings is 1. The molecule has 5 atom stereocenters. The Labute approximate surface area is 318 Å². The minimum atomic E-state index is -3.72. The van der Waals surface area contributed by atoms with E-state index < -0.39 is 48.5 Å². The summed E-state index contributed by atoms with van der Waals surface area (Å²) in [6.45, 7) is -1.20. The standard InChI is InChI=1S/C37H58N3O9PS2/c1-3-4-5-6-7-8-9-10-11-12-13-14-18-23-33(51)38-25-19-22-30-34(49-50(44,52)45-2)31(48-35(30)40-26-24-32(41)39-36(40)42)28-47-37(43)46-27-29-20-16-15-17-21-29/h15-17,20-21,24,26,30-31,34-35H,3-14,18-19,22-23,25,27-28H2,1-2H3,(H,38,51)(H,44,52)(H,39,41,42)/t30-,31+,34?,35+,50?/m0/s1. The number of unbranched alkanes of at least 4 members (excludes halogenated alkanes) is 12. The van der Waals surface area contributed by atoms with Crippen molar-refractivity contribution in [2.45, 2.75) is 135 Å². The molecule has 1 saturated heterocycles. The highest BCUT2D eigenvalue weighted by atomic mass is 32.5. The van der Waals surface area contributed by atoms with Crippen molar-refractivity contribution >= 4 is 41.9 Å². The predicted octanol–water partition coefficient (Wildman–Crippen LogP) is 7.83. The summed E-state index contributed by atoms with van der Waals surface area (Å²) in [5.41, 5.74) is -0.456. The molecule has 2 heterocycles. The van der Waals surface area contributed by atoms with Crippen molar-refractivity contribution in [3.63, 3.8) is 0 Å². The van der Waals surface area contributed by atoms with E-state index in [1.165, 1.54) is 94.6 Å². The quantitative estimate of drug-likeness (QED) is 0.0369. The Bertz CT molecular complexity index is 1490. The van der Waals surface area contributed by atoms with Gasteiger partial charge in [0.05, 0.1) is 4.99 Å². The van der Waals surface area contributed by atoms with Crippen LogP contribution >= 0.6 is 18.9 Å². The van der Waals surface area contributed by atoms with Gasteiger partial charge in [-0.25, -0.2) is 9.59 Å². The number of thiocarbonyl (C=S) groups is 1. The van der Waals surface area contributed by atoms with Crippen molar-refractivity contribution in [2.75, 3.05) is 20.3 Å². The molecule has 1 aromatic carbocycles. The molecule has 3 rings (SSSR count). The van der Waals surface area contributed by atoms with Crippen LogP contribution in [0.5, 0.6) is 0 Å². The molecule has 0 bridgehead atoms. The highest BCUT2D eigenvalue weighted by Crippen LogP contribution is 2.50. The summed E-state index contributed by atoms with van der Waals surface area (Å²) >= 11 is 10.8. The first-order chi connectivity index (χ1) is 25.1. The fourth-order valence-corrected chi connectivity index (χ4v) is 7.57. The smallest absolute Gasteiger partial charge is 0.431 e. The predicted molar refractivity (Wildman–Crippen MR) is 210 cm³/mol. The van der Waals surface area contributed by atoms with Crippen LogP contribution in [0.3, 0.4) is 0 Å². The molecule has 2 unspecified atom stereocenters. The fourth-order valence-electron chi connectivity index (χ4n) is 6.34. The molecule has 52 heavy (non-hydrogen) atoms. The van der Waals surface area contributed by atoms with E-state index in [1.54, 1.807) is 0 Å². The number of carbonyl (C=O) groups excluding carboxylic acids is 1. The van der Waals surface area contributed by atoms with Gasteiger partial charge in [0.25, 0.3) is 5.56 Å². The van der Waals surface area contributed by atoms with Crippen molar-refractivity contribution in [1.82, 2.24) is 14.9 Å². The van der Waals surface area contributed by atoms with Gasteiger partial charge in [0, 0.05) is 31.8 Å². The van der Waals surface area contributed by atoms with Crippen molar-refractivity contribution in [3.05, 3.63) is 69.0 Å². The van der Waals surface area contributed by atoms with Gasteiger partial charge in [0.2, 0.25) is 0 Å². The van der Waals surface area contributed by atoms with Gasteiger partial charge in [-0.05, 0) is 43.1 Å². The second-order valence-corrected chi connectivity index (χ2v) is 16.7. The van der Waals surface area contributed by atoms with Gasteiger partial charge in [-0.3, -0.25) is 14.3 Å². The lowest BCUT2D eigenvalue weighted by molar-refractivity contribution is -0.0595. The van der Waals surface area contributed by atoms with Gasteiger partial charge in [-0.2, -0.15) is 0 Å². The molecule has 1 aliphatic rings. The molecule has 1 aromatic heterocycles. The number of ether oxygens (including phenoxy) is 3. The van der Waals surface area contributed by atoms with E-state index in [-0.39, 0.29) is 13.2 Å². The molecule has 0 amide bonds. The SMILES string of the molecule is CCCCCCCCCCCCCCCC(=S)NCCC[C@H]1C(OP(O)(=S)OC)[C@@H](COC(=O)OCc2ccccc2)O[C@H]1n1ccc(=O)[nH]c1=O. The number of hydrogen-bond acceptors (Lipinski definition) is 10. The topological polar surface area (TPSA) is 150 Å². The lowest BCUT2D eigenvalue weighted by Gasteiger charge is -2.27. The van der Waals surface area contributed by atoms with E-state index in [0.717, 1.165) is 29.8 Å². The number of rotatable bonds is 26. The Hall–Kier alpha value is -2.45. The monoisotopic (exact) mass is 783 g/mol. The van der Waals surface area contributed by atoms with Crippen LogP contribution in [0.2, 0.25) is 0 Å². The molecule has 15 heteroatoms. The molecule has 292 valence electrons. The van der Waals surface area contributed by atoms with E-state index >= 15 is 0 Å². The molecule has 12 nitrogen and oxygen atoms in total.